The molecule has 0 aromatic heterocycles. The number of benzene rings is 2. The molecular formula is C34H46O7. The fraction of sp³-hybridized carbons (Fsp3) is 0.471. The molecule has 3 N–H and O–H groups in total. The van der Waals surface area contributed by atoms with E-state index in [0.717, 1.165) is 19.3 Å². The molecule has 2 rings (SSSR count). The van der Waals surface area contributed by atoms with E-state index in [1.54, 1.807) is 6.07 Å². The Labute approximate surface area is 244 Å². The van der Waals surface area contributed by atoms with Crippen molar-refractivity contribution >= 4 is 11.9 Å². The van der Waals surface area contributed by atoms with Crippen LogP contribution in [0.2, 0.25) is 0 Å². The SMILES string of the molecule is C=CC(C)CC(CC/C=C\CC(C)(CC)C(=O)OCC(O)COC(=O)CCc1ccc(O)c(O)c1)c1ccccc1. The Hall–Kier alpha value is -3.58. The molecule has 7 heteroatoms. The number of aryl methyl sites for hydroxylation is 1. The molecule has 224 valence electrons. The predicted molar refractivity (Wildman–Crippen MR) is 161 cm³/mol. The van der Waals surface area contributed by atoms with Crippen LogP contribution >= 0.6 is 0 Å². The van der Waals surface area contributed by atoms with Crippen LogP contribution in [0.4, 0.5) is 0 Å². The zero-order valence-electron chi connectivity index (χ0n) is 24.6. The summed E-state index contributed by atoms with van der Waals surface area (Å²) in [6.07, 6.45) is 9.43. The first-order valence-corrected chi connectivity index (χ1v) is 14.4. The lowest BCUT2D eigenvalue weighted by atomic mass is 9.83. The second-order valence-electron chi connectivity index (χ2n) is 11.0. The molecule has 0 aliphatic carbocycles. The molecule has 0 aliphatic rings. The molecule has 0 heterocycles. The molecule has 4 atom stereocenters. The van der Waals surface area contributed by atoms with Gasteiger partial charge >= 0.3 is 11.9 Å². The minimum atomic E-state index is -1.13. The van der Waals surface area contributed by atoms with Gasteiger partial charge in [-0.2, -0.15) is 0 Å². The molecule has 41 heavy (non-hydrogen) atoms. The molecule has 2 aromatic carbocycles. The number of ether oxygens (including phenoxy) is 2. The number of hydrogen-bond donors (Lipinski definition) is 3. The Morgan fingerprint density at radius 2 is 1.73 bits per heavy atom. The van der Waals surface area contributed by atoms with Gasteiger partial charge in [0.15, 0.2) is 11.5 Å². The Bertz CT molecular complexity index is 1130. The molecule has 0 saturated heterocycles. The van der Waals surface area contributed by atoms with Crippen LogP contribution in [0.1, 0.15) is 76.3 Å². The number of aliphatic hydroxyl groups is 1. The third-order valence-corrected chi connectivity index (χ3v) is 7.52. The molecule has 0 amide bonds. The molecule has 0 bridgehead atoms. The van der Waals surface area contributed by atoms with Crippen LogP contribution in [0, 0.1) is 11.3 Å². The summed E-state index contributed by atoms with van der Waals surface area (Å²) < 4.78 is 10.5. The Balaban J connectivity index is 1.75. The quantitative estimate of drug-likeness (QED) is 0.106. The fourth-order valence-electron chi connectivity index (χ4n) is 4.45. The van der Waals surface area contributed by atoms with Gasteiger partial charge in [0.25, 0.3) is 0 Å². The average molecular weight is 567 g/mol. The smallest absolute Gasteiger partial charge is 0.312 e. The fourth-order valence-corrected chi connectivity index (χ4v) is 4.45. The van der Waals surface area contributed by atoms with Crippen molar-refractivity contribution < 1.29 is 34.4 Å². The first-order chi connectivity index (χ1) is 19.6. The standard InChI is InChI=1S/C34H46O7/c1-5-25(3)21-28(27-13-9-7-10-14-27)15-11-8-12-20-34(4,6-2)33(39)41-24-29(35)23-40-32(38)19-17-26-16-18-30(36)31(37)22-26/h5,7-10,12-14,16,18,22,25,28-29,35-37H,1,6,11,15,17,19-21,23-24H2,2-4H3/b12-8-. The van der Waals surface area contributed by atoms with Crippen LogP contribution in [0.5, 0.6) is 11.5 Å². The van der Waals surface area contributed by atoms with Crippen molar-refractivity contribution in [2.45, 2.75) is 77.7 Å². The summed E-state index contributed by atoms with van der Waals surface area (Å²) in [6, 6.07) is 14.9. The second-order valence-corrected chi connectivity index (χ2v) is 11.0. The number of phenols is 2. The largest absolute Gasteiger partial charge is 0.504 e. The molecule has 0 spiro atoms. The van der Waals surface area contributed by atoms with Gasteiger partial charge in [0.2, 0.25) is 0 Å². The minimum absolute atomic E-state index is 0.0380. The normalized spacial score (nSPS) is 15.0. The number of allylic oxidation sites excluding steroid dienone is 3. The Morgan fingerprint density at radius 3 is 2.39 bits per heavy atom. The van der Waals surface area contributed by atoms with Crippen molar-refractivity contribution in [1.82, 2.24) is 0 Å². The predicted octanol–water partition coefficient (Wildman–Crippen LogP) is 6.62. The highest BCUT2D eigenvalue weighted by Gasteiger charge is 2.32. The van der Waals surface area contributed by atoms with E-state index >= 15 is 0 Å². The maximum atomic E-state index is 12.8. The van der Waals surface area contributed by atoms with Gasteiger partial charge in [-0.05, 0) is 80.5 Å². The van der Waals surface area contributed by atoms with Crippen LogP contribution < -0.4 is 0 Å². The Morgan fingerprint density at radius 1 is 1.02 bits per heavy atom. The number of phenolic OH excluding ortho intramolecular Hbond substituents is 2. The summed E-state index contributed by atoms with van der Waals surface area (Å²) in [5, 5.41) is 29.1. The molecule has 7 nitrogen and oxygen atoms in total. The second kappa shape index (κ2) is 17.3. The van der Waals surface area contributed by atoms with Gasteiger partial charge in [-0.25, -0.2) is 0 Å². The van der Waals surface area contributed by atoms with E-state index in [0.29, 0.717) is 36.7 Å². The van der Waals surface area contributed by atoms with Gasteiger partial charge in [-0.3, -0.25) is 9.59 Å². The van der Waals surface area contributed by atoms with E-state index < -0.39 is 23.5 Å². The molecule has 0 fully saturated rings. The number of aliphatic hydroxyl groups excluding tert-OH is 1. The van der Waals surface area contributed by atoms with E-state index in [1.165, 1.54) is 17.7 Å². The van der Waals surface area contributed by atoms with E-state index in [2.05, 4.69) is 43.8 Å². The lowest BCUT2D eigenvalue weighted by molar-refractivity contribution is -0.160. The number of hydrogen-bond acceptors (Lipinski definition) is 7. The maximum absolute atomic E-state index is 12.8. The monoisotopic (exact) mass is 566 g/mol. The van der Waals surface area contributed by atoms with Crippen molar-refractivity contribution in [2.75, 3.05) is 13.2 Å². The molecule has 4 unspecified atom stereocenters. The van der Waals surface area contributed by atoms with Gasteiger partial charge in [0.1, 0.15) is 19.3 Å². The van der Waals surface area contributed by atoms with E-state index in [1.807, 2.05) is 32.1 Å². The van der Waals surface area contributed by atoms with Crippen LogP contribution in [0.3, 0.4) is 0 Å². The third-order valence-electron chi connectivity index (χ3n) is 7.52. The number of aromatic hydroxyl groups is 2. The summed E-state index contributed by atoms with van der Waals surface area (Å²) in [5.74, 6) is -0.543. The van der Waals surface area contributed by atoms with E-state index in [9.17, 15) is 24.9 Å². The highest BCUT2D eigenvalue weighted by molar-refractivity contribution is 5.76. The maximum Gasteiger partial charge on any atom is 0.312 e. The average Bonchev–Trinajstić information content (AvgIpc) is 2.98. The summed E-state index contributed by atoms with van der Waals surface area (Å²) in [5.41, 5.74) is 1.27. The first kappa shape index (κ1) is 33.6. The van der Waals surface area contributed by atoms with Crippen LogP contribution in [0.15, 0.2) is 73.3 Å². The summed E-state index contributed by atoms with van der Waals surface area (Å²) >= 11 is 0. The van der Waals surface area contributed by atoms with Gasteiger partial charge in [0.05, 0.1) is 5.41 Å². The lowest BCUT2D eigenvalue weighted by Crippen LogP contribution is -2.33. The number of carbonyl (C=O) groups excluding carboxylic acids is 2. The zero-order valence-corrected chi connectivity index (χ0v) is 24.6. The molecule has 0 radical (unpaired) electrons. The van der Waals surface area contributed by atoms with Gasteiger partial charge < -0.3 is 24.8 Å². The topological polar surface area (TPSA) is 113 Å². The number of esters is 2. The highest BCUT2D eigenvalue weighted by Crippen LogP contribution is 2.31. The van der Waals surface area contributed by atoms with Gasteiger partial charge in [-0.15, -0.1) is 6.58 Å². The van der Waals surface area contributed by atoms with E-state index in [4.69, 9.17) is 9.47 Å². The van der Waals surface area contributed by atoms with Crippen molar-refractivity contribution in [3.05, 3.63) is 84.5 Å². The molecular weight excluding hydrogens is 520 g/mol. The summed E-state index contributed by atoms with van der Waals surface area (Å²) in [4.78, 5) is 24.9. The van der Waals surface area contributed by atoms with Crippen molar-refractivity contribution in [3.8, 4) is 11.5 Å². The molecule has 0 saturated carbocycles. The third kappa shape index (κ3) is 11.8. The molecule has 0 aliphatic heterocycles. The number of carbonyl (C=O) groups is 2. The van der Waals surface area contributed by atoms with Crippen molar-refractivity contribution in [1.29, 1.82) is 0 Å². The highest BCUT2D eigenvalue weighted by atomic mass is 16.6. The van der Waals surface area contributed by atoms with Crippen LogP contribution in [-0.2, 0) is 25.5 Å². The van der Waals surface area contributed by atoms with Gasteiger partial charge in [-0.1, -0.05) is 68.5 Å². The van der Waals surface area contributed by atoms with Crippen molar-refractivity contribution in [3.63, 3.8) is 0 Å². The molecule has 2 aromatic rings. The van der Waals surface area contributed by atoms with Crippen LogP contribution in [-0.4, -0.2) is 46.6 Å². The summed E-state index contributed by atoms with van der Waals surface area (Å²) in [7, 11) is 0. The van der Waals surface area contributed by atoms with Gasteiger partial charge in [0, 0.05) is 6.42 Å². The van der Waals surface area contributed by atoms with Crippen LogP contribution in [0.25, 0.3) is 0 Å². The Kier molecular flexibility index (Phi) is 14.2. The van der Waals surface area contributed by atoms with Crippen molar-refractivity contribution in [2.24, 2.45) is 11.3 Å². The zero-order chi connectivity index (χ0) is 30.3. The minimum Gasteiger partial charge on any atom is -0.504 e. The summed E-state index contributed by atoms with van der Waals surface area (Å²) in [6.45, 7) is 9.34. The van der Waals surface area contributed by atoms with E-state index in [-0.39, 0.29) is 31.1 Å². The first-order valence-electron chi connectivity index (χ1n) is 14.4. The number of rotatable bonds is 18. The lowest BCUT2D eigenvalue weighted by Gasteiger charge is -2.25.